The second-order valence-electron chi connectivity index (χ2n) is 9.37. The maximum Gasteiger partial charge on any atom is 0.272 e. The normalized spacial score (nSPS) is 13.1. The van der Waals surface area contributed by atoms with Crippen molar-refractivity contribution < 1.29 is 19.4 Å². The molecule has 3 rings (SSSR count). The first-order valence-electron chi connectivity index (χ1n) is 12.2. The maximum absolute atomic E-state index is 13.6. The molecule has 0 aliphatic carbocycles. The molecular weight excluding hydrogens is 481 g/mol. The lowest BCUT2D eigenvalue weighted by Gasteiger charge is -2.19. The zero-order valence-corrected chi connectivity index (χ0v) is 21.7. The molecule has 0 spiro atoms. The monoisotopic (exact) mass is 514 g/mol. The first kappa shape index (κ1) is 27.8. The van der Waals surface area contributed by atoms with Gasteiger partial charge in [-0.25, -0.2) is 9.37 Å². The quantitative estimate of drug-likeness (QED) is 0.318. The molecule has 2 aromatic carbocycles. The number of aromatic nitrogens is 2. The Morgan fingerprint density at radius 2 is 1.86 bits per heavy atom. The molecule has 0 saturated carbocycles. The summed E-state index contributed by atoms with van der Waals surface area (Å²) in [5.41, 5.74) is 3.50. The van der Waals surface area contributed by atoms with Crippen LogP contribution in [0.2, 0.25) is 5.02 Å². The number of nitrogens with zero attached hydrogens (tertiary/aromatic N) is 2. The van der Waals surface area contributed by atoms with Crippen LogP contribution in [0, 0.1) is 19.7 Å². The Labute approximate surface area is 217 Å². The van der Waals surface area contributed by atoms with Gasteiger partial charge in [0.1, 0.15) is 17.3 Å². The second-order valence-corrected chi connectivity index (χ2v) is 9.78. The van der Waals surface area contributed by atoms with E-state index in [-0.39, 0.29) is 36.3 Å². The zero-order chi connectivity index (χ0) is 26.4. The van der Waals surface area contributed by atoms with Gasteiger partial charge in [-0.1, -0.05) is 44.5 Å². The van der Waals surface area contributed by atoms with E-state index < -0.39 is 12.2 Å². The van der Waals surface area contributed by atoms with Gasteiger partial charge in [0.15, 0.2) is 0 Å². The summed E-state index contributed by atoms with van der Waals surface area (Å²) in [6.45, 7) is 10.2. The van der Waals surface area contributed by atoms with Gasteiger partial charge in [0.2, 0.25) is 0 Å². The Morgan fingerprint density at radius 3 is 2.47 bits per heavy atom. The molecule has 0 aliphatic heterocycles. The maximum atomic E-state index is 13.6. The van der Waals surface area contributed by atoms with Crippen LogP contribution in [0.4, 0.5) is 4.39 Å². The van der Waals surface area contributed by atoms with E-state index >= 15 is 0 Å². The molecule has 193 valence electrons. The minimum Gasteiger partial charge on any atom is -0.393 e. The molecule has 0 fully saturated rings. The number of aliphatic hydroxyl groups excluding tert-OH is 2. The Bertz CT molecular complexity index is 1180. The van der Waals surface area contributed by atoms with Crippen LogP contribution < -0.4 is 5.32 Å². The van der Waals surface area contributed by atoms with Crippen molar-refractivity contribution in [3.05, 3.63) is 82.7 Å². The molecule has 1 radical (unpaired) electrons. The lowest BCUT2D eigenvalue weighted by molar-refractivity contribution is 0.0742. The molecule has 6 nitrogen and oxygen atoms in total. The van der Waals surface area contributed by atoms with Crippen molar-refractivity contribution in [1.82, 2.24) is 14.9 Å². The number of halogens is 2. The second kappa shape index (κ2) is 12.5. The SMILES string of the molecule is [CH2]CC(O)CC(O)CCn1c(-c2ccc(F)cc2)nc(C(=O)NCc2ccc(C)c(Cl)c2)c1C(C)C. The highest BCUT2D eigenvalue weighted by molar-refractivity contribution is 6.31. The number of carbonyl (C=O) groups is 1. The predicted octanol–water partition coefficient (Wildman–Crippen LogP) is 5.43. The van der Waals surface area contributed by atoms with E-state index in [4.69, 9.17) is 16.6 Å². The molecule has 0 aliphatic rings. The van der Waals surface area contributed by atoms with Crippen molar-refractivity contribution in [2.75, 3.05) is 0 Å². The highest BCUT2D eigenvalue weighted by Crippen LogP contribution is 2.29. The Hall–Kier alpha value is -2.74. The minimum absolute atomic E-state index is 0.0520. The van der Waals surface area contributed by atoms with Crippen LogP contribution >= 0.6 is 11.6 Å². The number of amides is 1. The van der Waals surface area contributed by atoms with Gasteiger partial charge < -0.3 is 20.1 Å². The van der Waals surface area contributed by atoms with Crippen LogP contribution in [0.5, 0.6) is 0 Å². The van der Waals surface area contributed by atoms with Crippen LogP contribution in [0.25, 0.3) is 11.4 Å². The number of hydrogen-bond acceptors (Lipinski definition) is 4. The van der Waals surface area contributed by atoms with E-state index in [2.05, 4.69) is 12.2 Å². The van der Waals surface area contributed by atoms with Crippen molar-refractivity contribution in [3.63, 3.8) is 0 Å². The lowest BCUT2D eigenvalue weighted by atomic mass is 10.1. The Balaban J connectivity index is 1.94. The van der Waals surface area contributed by atoms with Gasteiger partial charge in [-0.2, -0.15) is 0 Å². The van der Waals surface area contributed by atoms with Crippen LogP contribution in [-0.4, -0.2) is 37.9 Å². The smallest absolute Gasteiger partial charge is 0.272 e. The average molecular weight is 515 g/mol. The third-order valence-corrected chi connectivity index (χ3v) is 6.53. The Morgan fingerprint density at radius 1 is 1.17 bits per heavy atom. The van der Waals surface area contributed by atoms with E-state index in [9.17, 15) is 19.4 Å². The highest BCUT2D eigenvalue weighted by Gasteiger charge is 2.26. The van der Waals surface area contributed by atoms with E-state index in [1.54, 1.807) is 12.1 Å². The summed E-state index contributed by atoms with van der Waals surface area (Å²) in [6.07, 6.45) is -0.538. The van der Waals surface area contributed by atoms with Crippen molar-refractivity contribution >= 4 is 17.5 Å². The molecule has 2 unspecified atom stereocenters. The predicted molar refractivity (Wildman–Crippen MR) is 140 cm³/mol. The molecule has 3 N–H and O–H groups in total. The van der Waals surface area contributed by atoms with E-state index in [0.717, 1.165) is 16.8 Å². The van der Waals surface area contributed by atoms with Gasteiger partial charge >= 0.3 is 0 Å². The first-order chi connectivity index (χ1) is 17.1. The van der Waals surface area contributed by atoms with Crippen LogP contribution in [-0.2, 0) is 13.1 Å². The summed E-state index contributed by atoms with van der Waals surface area (Å²) in [7, 11) is 0. The highest BCUT2D eigenvalue weighted by atomic mass is 35.5. The van der Waals surface area contributed by atoms with Crippen molar-refractivity contribution in [2.45, 2.75) is 71.2 Å². The third kappa shape index (κ3) is 6.93. The molecule has 1 amide bonds. The molecule has 8 heteroatoms. The minimum atomic E-state index is -0.742. The zero-order valence-electron chi connectivity index (χ0n) is 21.0. The summed E-state index contributed by atoms with van der Waals surface area (Å²) in [5.74, 6) is -0.227. The molecule has 2 atom stereocenters. The standard InChI is InChI=1S/C28H34ClFN3O3/c1-5-22(34)15-23(35)12-13-33-26(17(2)3)25(32-27(33)20-8-10-21(30)11-9-20)28(36)31-16-19-7-6-18(4)24(29)14-19/h6-11,14,17,22-23,34-35H,1,5,12-13,15-16H2,2-4H3,(H,31,36). The summed E-state index contributed by atoms with van der Waals surface area (Å²) < 4.78 is 15.5. The van der Waals surface area contributed by atoms with Gasteiger partial charge in [-0.3, -0.25) is 4.79 Å². The van der Waals surface area contributed by atoms with Crippen LogP contribution in [0.1, 0.15) is 66.3 Å². The molecule has 3 aromatic rings. The Kier molecular flexibility index (Phi) is 9.65. The van der Waals surface area contributed by atoms with Crippen LogP contribution in [0.15, 0.2) is 42.5 Å². The molecule has 1 heterocycles. The van der Waals surface area contributed by atoms with E-state index in [0.29, 0.717) is 35.8 Å². The number of benzene rings is 2. The topological polar surface area (TPSA) is 87.4 Å². The summed E-state index contributed by atoms with van der Waals surface area (Å²) in [4.78, 5) is 18.0. The van der Waals surface area contributed by atoms with E-state index in [1.807, 2.05) is 43.5 Å². The number of hydrogen-bond donors (Lipinski definition) is 3. The number of nitrogens with one attached hydrogen (secondary N) is 1. The van der Waals surface area contributed by atoms with Gasteiger partial charge in [-0.15, -0.1) is 0 Å². The molecule has 0 bridgehead atoms. The van der Waals surface area contributed by atoms with Gasteiger partial charge in [0.25, 0.3) is 5.91 Å². The summed E-state index contributed by atoms with van der Waals surface area (Å²) >= 11 is 6.22. The van der Waals surface area contributed by atoms with Crippen molar-refractivity contribution in [3.8, 4) is 11.4 Å². The summed E-state index contributed by atoms with van der Waals surface area (Å²) in [6, 6.07) is 11.6. The first-order valence-corrected chi connectivity index (χ1v) is 12.5. The number of aryl methyl sites for hydroxylation is 1. The van der Waals surface area contributed by atoms with Crippen molar-refractivity contribution in [1.29, 1.82) is 0 Å². The average Bonchev–Trinajstić information content (AvgIpc) is 3.23. The fraction of sp³-hybridized carbons (Fsp3) is 0.393. The van der Waals surface area contributed by atoms with Gasteiger partial charge in [0.05, 0.1) is 17.9 Å². The number of aliphatic hydroxyl groups is 2. The largest absolute Gasteiger partial charge is 0.393 e. The molecular formula is C28H34ClFN3O3. The van der Waals surface area contributed by atoms with Crippen LogP contribution in [0.3, 0.4) is 0 Å². The van der Waals surface area contributed by atoms with Gasteiger partial charge in [-0.05, 0) is 73.6 Å². The fourth-order valence-corrected chi connectivity index (χ4v) is 4.31. The third-order valence-electron chi connectivity index (χ3n) is 6.12. The molecule has 0 saturated heterocycles. The van der Waals surface area contributed by atoms with Crippen molar-refractivity contribution in [2.24, 2.45) is 0 Å². The van der Waals surface area contributed by atoms with Gasteiger partial charge in [0, 0.05) is 23.7 Å². The lowest BCUT2D eigenvalue weighted by Crippen LogP contribution is -2.25. The molecule has 1 aromatic heterocycles. The van der Waals surface area contributed by atoms with E-state index in [1.165, 1.54) is 12.1 Å². The number of rotatable bonds is 11. The number of imidazole rings is 1. The fourth-order valence-electron chi connectivity index (χ4n) is 4.10. The number of carbonyl (C=O) groups excluding carboxylic acids is 1. The summed E-state index contributed by atoms with van der Waals surface area (Å²) in [5, 5.41) is 23.9. The molecule has 36 heavy (non-hydrogen) atoms.